The SMILES string of the molecule is CC(c1nc2cc(Cl)ccc2[nH]1)N1CCN(Cc2ccc3c(N)ncnc3c2)C(=O)C1. The lowest BCUT2D eigenvalue weighted by molar-refractivity contribution is -0.137. The first-order chi connectivity index (χ1) is 15.0. The number of H-pyrrole nitrogens is 1. The summed E-state index contributed by atoms with van der Waals surface area (Å²) < 4.78 is 0. The number of fused-ring (bicyclic) bond motifs is 2. The van der Waals surface area contributed by atoms with Crippen molar-refractivity contribution in [1.29, 1.82) is 0 Å². The number of piperazine rings is 1. The van der Waals surface area contributed by atoms with E-state index in [9.17, 15) is 4.79 Å². The van der Waals surface area contributed by atoms with Gasteiger partial charge in [-0.3, -0.25) is 9.69 Å². The number of nitrogen functional groups attached to an aromatic ring is 1. The first kappa shape index (κ1) is 19.7. The van der Waals surface area contributed by atoms with Crippen molar-refractivity contribution in [3.05, 3.63) is 59.1 Å². The molecule has 0 spiro atoms. The highest BCUT2D eigenvalue weighted by atomic mass is 35.5. The third-order valence-corrected chi connectivity index (χ3v) is 6.10. The number of imidazole rings is 1. The molecule has 0 radical (unpaired) electrons. The zero-order valence-corrected chi connectivity index (χ0v) is 17.8. The molecule has 2 aromatic heterocycles. The third-order valence-electron chi connectivity index (χ3n) is 5.86. The van der Waals surface area contributed by atoms with E-state index in [0.717, 1.165) is 39.9 Å². The normalized spacial score (nSPS) is 16.3. The number of aromatic nitrogens is 4. The molecule has 1 amide bonds. The standard InChI is InChI=1S/C22H22ClN7O/c1-13(22-27-17-5-3-15(23)9-19(17)28-22)29-6-7-30(20(31)11-29)10-14-2-4-16-18(8-14)25-12-26-21(16)24/h2-5,8-9,12-13H,6-7,10-11H2,1H3,(H,27,28)(H2,24,25,26). The lowest BCUT2D eigenvalue weighted by Gasteiger charge is -2.37. The average molecular weight is 436 g/mol. The quantitative estimate of drug-likeness (QED) is 0.510. The number of nitrogens with two attached hydrogens (primary N) is 1. The highest BCUT2D eigenvalue weighted by molar-refractivity contribution is 6.31. The van der Waals surface area contributed by atoms with E-state index in [4.69, 9.17) is 17.3 Å². The van der Waals surface area contributed by atoms with Gasteiger partial charge >= 0.3 is 0 Å². The monoisotopic (exact) mass is 435 g/mol. The van der Waals surface area contributed by atoms with E-state index in [1.807, 2.05) is 41.3 Å². The predicted octanol–water partition coefficient (Wildman–Crippen LogP) is 3.15. The van der Waals surface area contributed by atoms with E-state index in [-0.39, 0.29) is 11.9 Å². The lowest BCUT2D eigenvalue weighted by Crippen LogP contribution is -2.50. The molecule has 1 fully saturated rings. The van der Waals surface area contributed by atoms with Crippen LogP contribution in [0.1, 0.15) is 24.4 Å². The smallest absolute Gasteiger partial charge is 0.237 e. The van der Waals surface area contributed by atoms with Gasteiger partial charge in [0.2, 0.25) is 5.91 Å². The van der Waals surface area contributed by atoms with E-state index in [1.54, 1.807) is 0 Å². The summed E-state index contributed by atoms with van der Waals surface area (Å²) in [7, 11) is 0. The van der Waals surface area contributed by atoms with Crippen molar-refractivity contribution in [3.63, 3.8) is 0 Å². The minimum absolute atomic E-state index is 0.00220. The summed E-state index contributed by atoms with van der Waals surface area (Å²) in [5.41, 5.74) is 9.49. The molecule has 0 aliphatic carbocycles. The maximum atomic E-state index is 12.9. The highest BCUT2D eigenvalue weighted by Gasteiger charge is 2.29. The summed E-state index contributed by atoms with van der Waals surface area (Å²) in [4.78, 5) is 33.2. The zero-order chi connectivity index (χ0) is 21.5. The van der Waals surface area contributed by atoms with Gasteiger partial charge in [-0.15, -0.1) is 0 Å². The number of hydrogen-bond acceptors (Lipinski definition) is 6. The molecule has 0 bridgehead atoms. The van der Waals surface area contributed by atoms with Gasteiger partial charge in [-0.05, 0) is 42.8 Å². The van der Waals surface area contributed by atoms with Crippen molar-refractivity contribution in [2.75, 3.05) is 25.4 Å². The maximum absolute atomic E-state index is 12.9. The van der Waals surface area contributed by atoms with E-state index in [0.29, 0.717) is 30.5 Å². The maximum Gasteiger partial charge on any atom is 0.237 e. The van der Waals surface area contributed by atoms with E-state index < -0.39 is 0 Å². The van der Waals surface area contributed by atoms with Gasteiger partial charge in [0.15, 0.2) is 0 Å². The van der Waals surface area contributed by atoms with Crippen LogP contribution in [0.25, 0.3) is 21.9 Å². The van der Waals surface area contributed by atoms with Crippen LogP contribution in [-0.2, 0) is 11.3 Å². The second kappa shape index (κ2) is 7.79. The second-order valence-corrected chi connectivity index (χ2v) is 8.29. The van der Waals surface area contributed by atoms with Crippen LogP contribution in [0.15, 0.2) is 42.7 Å². The van der Waals surface area contributed by atoms with Gasteiger partial charge in [-0.25, -0.2) is 15.0 Å². The van der Waals surface area contributed by atoms with Crippen molar-refractivity contribution >= 4 is 45.3 Å². The number of hydrogen-bond donors (Lipinski definition) is 2. The van der Waals surface area contributed by atoms with Gasteiger partial charge in [0, 0.05) is 30.0 Å². The summed E-state index contributed by atoms with van der Waals surface area (Å²) in [5.74, 6) is 1.40. The molecule has 1 unspecified atom stereocenters. The number of carbonyl (C=O) groups excluding carboxylic acids is 1. The van der Waals surface area contributed by atoms with Gasteiger partial charge < -0.3 is 15.6 Å². The number of halogens is 1. The number of aromatic amines is 1. The predicted molar refractivity (Wildman–Crippen MR) is 120 cm³/mol. The minimum Gasteiger partial charge on any atom is -0.383 e. The molecule has 0 saturated carbocycles. The Kier molecular flexibility index (Phi) is 4.95. The Bertz CT molecular complexity index is 1290. The number of nitrogens with zero attached hydrogens (tertiary/aromatic N) is 5. The van der Waals surface area contributed by atoms with Crippen LogP contribution in [0.2, 0.25) is 5.02 Å². The Morgan fingerprint density at radius 1 is 1.16 bits per heavy atom. The van der Waals surface area contributed by atoms with Crippen LogP contribution in [0.3, 0.4) is 0 Å². The summed E-state index contributed by atoms with van der Waals surface area (Å²) in [5, 5.41) is 1.48. The topological polar surface area (TPSA) is 104 Å². The molecule has 1 atom stereocenters. The molecule has 5 rings (SSSR count). The molecular weight excluding hydrogens is 414 g/mol. The number of rotatable bonds is 4. The van der Waals surface area contributed by atoms with Gasteiger partial charge in [-0.1, -0.05) is 17.7 Å². The molecule has 9 heteroatoms. The number of nitrogens with one attached hydrogen (secondary N) is 1. The van der Waals surface area contributed by atoms with Crippen LogP contribution >= 0.6 is 11.6 Å². The van der Waals surface area contributed by atoms with Crippen molar-refractivity contribution in [2.45, 2.75) is 19.5 Å². The van der Waals surface area contributed by atoms with Gasteiger partial charge in [0.25, 0.3) is 0 Å². The fourth-order valence-electron chi connectivity index (χ4n) is 4.04. The number of benzene rings is 2. The molecular formula is C22H22ClN7O. The van der Waals surface area contributed by atoms with Crippen LogP contribution in [-0.4, -0.2) is 55.3 Å². The Balaban J connectivity index is 1.28. The Morgan fingerprint density at radius 2 is 2.03 bits per heavy atom. The first-order valence-corrected chi connectivity index (χ1v) is 10.5. The van der Waals surface area contributed by atoms with Crippen LogP contribution < -0.4 is 5.73 Å². The summed E-state index contributed by atoms with van der Waals surface area (Å²) in [6.07, 6.45) is 1.46. The summed E-state index contributed by atoms with van der Waals surface area (Å²) in [6, 6.07) is 11.5. The third kappa shape index (κ3) is 3.80. The van der Waals surface area contributed by atoms with Crippen molar-refractivity contribution in [1.82, 2.24) is 29.7 Å². The fraction of sp³-hybridized carbons (Fsp3) is 0.273. The van der Waals surface area contributed by atoms with Gasteiger partial charge in [0.05, 0.1) is 29.1 Å². The van der Waals surface area contributed by atoms with E-state index in [2.05, 4.69) is 31.8 Å². The molecule has 8 nitrogen and oxygen atoms in total. The van der Waals surface area contributed by atoms with Crippen LogP contribution in [0.5, 0.6) is 0 Å². The molecule has 158 valence electrons. The largest absolute Gasteiger partial charge is 0.383 e. The molecule has 1 aliphatic heterocycles. The molecule has 2 aromatic carbocycles. The molecule has 1 aliphatic rings. The Morgan fingerprint density at radius 3 is 2.87 bits per heavy atom. The first-order valence-electron chi connectivity index (χ1n) is 10.1. The number of carbonyl (C=O) groups is 1. The van der Waals surface area contributed by atoms with Crippen molar-refractivity contribution < 1.29 is 4.79 Å². The van der Waals surface area contributed by atoms with Gasteiger partial charge in [0.1, 0.15) is 18.0 Å². The molecule has 31 heavy (non-hydrogen) atoms. The second-order valence-electron chi connectivity index (χ2n) is 7.86. The molecule has 3 N–H and O–H groups in total. The van der Waals surface area contributed by atoms with Crippen LogP contribution in [0.4, 0.5) is 5.82 Å². The minimum atomic E-state index is -0.00220. The van der Waals surface area contributed by atoms with E-state index >= 15 is 0 Å². The number of amides is 1. The average Bonchev–Trinajstić information content (AvgIpc) is 3.18. The zero-order valence-electron chi connectivity index (χ0n) is 17.0. The van der Waals surface area contributed by atoms with Crippen molar-refractivity contribution in [3.8, 4) is 0 Å². The van der Waals surface area contributed by atoms with Gasteiger partial charge in [-0.2, -0.15) is 0 Å². The fourth-order valence-corrected chi connectivity index (χ4v) is 4.20. The van der Waals surface area contributed by atoms with Crippen molar-refractivity contribution in [2.24, 2.45) is 0 Å². The molecule has 3 heterocycles. The Hall–Kier alpha value is -3.23. The highest BCUT2D eigenvalue weighted by Crippen LogP contribution is 2.25. The van der Waals surface area contributed by atoms with Crippen LogP contribution in [0, 0.1) is 0 Å². The summed E-state index contributed by atoms with van der Waals surface area (Å²) >= 11 is 6.07. The summed E-state index contributed by atoms with van der Waals surface area (Å²) in [6.45, 7) is 4.38. The Labute approximate surface area is 184 Å². The molecule has 4 aromatic rings. The number of anilines is 1. The lowest BCUT2D eigenvalue weighted by atomic mass is 10.1. The molecule has 1 saturated heterocycles. The van der Waals surface area contributed by atoms with E-state index in [1.165, 1.54) is 6.33 Å².